The average Bonchev–Trinajstić information content (AvgIpc) is 2.48. The second-order valence-electron chi connectivity index (χ2n) is 5.34. The summed E-state index contributed by atoms with van der Waals surface area (Å²) in [4.78, 5) is 17.1. The minimum Gasteiger partial charge on any atom is -0.477 e. The summed E-state index contributed by atoms with van der Waals surface area (Å²) in [7, 11) is 0. The molecule has 21 heavy (non-hydrogen) atoms. The highest BCUT2D eigenvalue weighted by molar-refractivity contribution is 5.85. The molecular weight excluding hydrogens is 264 g/mol. The molecule has 1 heterocycles. The molecule has 0 spiro atoms. The van der Waals surface area contributed by atoms with E-state index < -0.39 is 5.97 Å². The lowest BCUT2D eigenvalue weighted by atomic mass is 10.1. The molecule has 0 unspecified atom stereocenters. The van der Waals surface area contributed by atoms with Gasteiger partial charge in [0.05, 0.1) is 0 Å². The maximum atomic E-state index is 11.0. The van der Waals surface area contributed by atoms with Gasteiger partial charge in [0, 0.05) is 25.3 Å². The molecule has 4 heteroatoms. The van der Waals surface area contributed by atoms with Gasteiger partial charge < -0.3 is 5.11 Å². The third-order valence-corrected chi connectivity index (χ3v) is 3.39. The molecule has 110 valence electrons. The number of pyridine rings is 1. The quantitative estimate of drug-likeness (QED) is 0.885. The Hall–Kier alpha value is -2.20. The average molecular weight is 284 g/mol. The lowest BCUT2D eigenvalue weighted by Gasteiger charge is -2.26. The Kier molecular flexibility index (Phi) is 5.06. The smallest absolute Gasteiger partial charge is 0.354 e. The van der Waals surface area contributed by atoms with E-state index in [0.29, 0.717) is 12.6 Å². The molecule has 0 aliphatic rings. The van der Waals surface area contributed by atoms with Gasteiger partial charge in [-0.2, -0.15) is 0 Å². The summed E-state index contributed by atoms with van der Waals surface area (Å²) in [5.74, 6) is -0.990. The van der Waals surface area contributed by atoms with Crippen LogP contribution in [-0.4, -0.2) is 27.0 Å². The van der Waals surface area contributed by atoms with Crippen molar-refractivity contribution in [3.63, 3.8) is 0 Å². The fraction of sp³-hybridized carbons (Fsp3) is 0.294. The molecule has 1 N–H and O–H groups in total. The number of nitrogens with zero attached hydrogens (tertiary/aromatic N) is 2. The van der Waals surface area contributed by atoms with E-state index >= 15 is 0 Å². The maximum Gasteiger partial charge on any atom is 0.354 e. The summed E-state index contributed by atoms with van der Waals surface area (Å²) in [5.41, 5.74) is 2.31. The maximum absolute atomic E-state index is 11.0. The minimum absolute atomic E-state index is 0.0934. The number of hydrogen-bond acceptors (Lipinski definition) is 3. The SMILES string of the molecule is CC(C)N(Cc1ccccc1)Cc1ccnc(C(=O)O)c1. The van der Waals surface area contributed by atoms with Gasteiger partial charge in [0.25, 0.3) is 0 Å². The summed E-state index contributed by atoms with van der Waals surface area (Å²) >= 11 is 0. The zero-order valence-corrected chi connectivity index (χ0v) is 12.4. The van der Waals surface area contributed by atoms with Gasteiger partial charge in [-0.1, -0.05) is 30.3 Å². The van der Waals surface area contributed by atoms with Gasteiger partial charge in [0.2, 0.25) is 0 Å². The van der Waals surface area contributed by atoms with Crippen LogP contribution < -0.4 is 0 Å². The van der Waals surface area contributed by atoms with Crippen molar-refractivity contribution >= 4 is 5.97 Å². The molecule has 0 aliphatic carbocycles. The Morgan fingerprint density at radius 2 is 1.81 bits per heavy atom. The van der Waals surface area contributed by atoms with Crippen LogP contribution in [-0.2, 0) is 13.1 Å². The minimum atomic E-state index is -0.990. The Balaban J connectivity index is 2.13. The summed E-state index contributed by atoms with van der Waals surface area (Å²) in [6.07, 6.45) is 1.56. The third kappa shape index (κ3) is 4.39. The molecule has 2 aromatic rings. The summed E-state index contributed by atoms with van der Waals surface area (Å²) in [6.45, 7) is 5.82. The van der Waals surface area contributed by atoms with E-state index in [0.717, 1.165) is 12.1 Å². The molecule has 0 saturated heterocycles. The highest BCUT2D eigenvalue weighted by Crippen LogP contribution is 2.13. The van der Waals surface area contributed by atoms with E-state index in [9.17, 15) is 4.79 Å². The van der Waals surface area contributed by atoms with E-state index in [2.05, 4.69) is 35.9 Å². The first-order chi connectivity index (χ1) is 10.1. The fourth-order valence-corrected chi connectivity index (χ4v) is 2.16. The van der Waals surface area contributed by atoms with Crippen molar-refractivity contribution in [1.29, 1.82) is 0 Å². The van der Waals surface area contributed by atoms with Crippen molar-refractivity contribution < 1.29 is 9.90 Å². The molecule has 0 saturated carbocycles. The van der Waals surface area contributed by atoms with Crippen molar-refractivity contribution in [2.75, 3.05) is 0 Å². The lowest BCUT2D eigenvalue weighted by molar-refractivity contribution is 0.0690. The number of carboxylic acids is 1. The molecule has 4 nitrogen and oxygen atoms in total. The molecule has 0 radical (unpaired) electrons. The fourth-order valence-electron chi connectivity index (χ4n) is 2.16. The van der Waals surface area contributed by atoms with Crippen molar-refractivity contribution in [2.45, 2.75) is 33.0 Å². The number of rotatable bonds is 6. The number of hydrogen-bond donors (Lipinski definition) is 1. The molecule has 1 aromatic heterocycles. The lowest BCUT2D eigenvalue weighted by Crippen LogP contribution is -2.29. The van der Waals surface area contributed by atoms with Crippen LogP contribution in [0.3, 0.4) is 0 Å². The van der Waals surface area contributed by atoms with Crippen molar-refractivity contribution in [1.82, 2.24) is 9.88 Å². The first kappa shape index (κ1) is 15.2. The van der Waals surface area contributed by atoms with Crippen LogP contribution in [0, 0.1) is 0 Å². The zero-order chi connectivity index (χ0) is 15.2. The number of aromatic nitrogens is 1. The zero-order valence-electron chi connectivity index (χ0n) is 12.4. The van der Waals surface area contributed by atoms with Gasteiger partial charge in [0.1, 0.15) is 5.69 Å². The van der Waals surface area contributed by atoms with Crippen molar-refractivity contribution in [2.24, 2.45) is 0 Å². The standard InChI is InChI=1S/C17H20N2O2/c1-13(2)19(11-14-6-4-3-5-7-14)12-15-8-9-18-16(10-15)17(20)21/h3-10,13H,11-12H2,1-2H3,(H,20,21). The molecule has 0 amide bonds. The summed E-state index contributed by atoms with van der Waals surface area (Å²) in [6, 6.07) is 14.1. The second kappa shape index (κ2) is 6.99. The Morgan fingerprint density at radius 3 is 2.43 bits per heavy atom. The highest BCUT2D eigenvalue weighted by atomic mass is 16.4. The molecule has 0 aliphatic heterocycles. The molecule has 2 rings (SSSR count). The predicted molar refractivity (Wildman–Crippen MR) is 82.0 cm³/mol. The summed E-state index contributed by atoms with van der Waals surface area (Å²) in [5, 5.41) is 9.01. The number of benzene rings is 1. The molecule has 1 aromatic carbocycles. The molecular formula is C17H20N2O2. The van der Waals surface area contributed by atoms with Crippen LogP contribution in [0.25, 0.3) is 0 Å². The van der Waals surface area contributed by atoms with Crippen LogP contribution in [0.1, 0.15) is 35.5 Å². The van der Waals surface area contributed by atoms with Crippen LogP contribution in [0.4, 0.5) is 0 Å². The largest absolute Gasteiger partial charge is 0.477 e. The van der Waals surface area contributed by atoms with E-state index in [-0.39, 0.29) is 5.69 Å². The highest BCUT2D eigenvalue weighted by Gasteiger charge is 2.12. The number of carboxylic acid groups (broad SMARTS) is 1. The Labute approximate surface area is 125 Å². The van der Waals surface area contributed by atoms with Crippen molar-refractivity contribution in [3.05, 3.63) is 65.5 Å². The topological polar surface area (TPSA) is 53.4 Å². The molecule has 0 fully saturated rings. The van der Waals surface area contributed by atoms with Crippen LogP contribution in [0.5, 0.6) is 0 Å². The first-order valence-corrected chi connectivity index (χ1v) is 7.02. The van der Waals surface area contributed by atoms with Crippen molar-refractivity contribution in [3.8, 4) is 0 Å². The van der Waals surface area contributed by atoms with E-state index in [1.165, 1.54) is 5.56 Å². The first-order valence-electron chi connectivity index (χ1n) is 7.02. The monoisotopic (exact) mass is 284 g/mol. The normalized spacial score (nSPS) is 11.0. The van der Waals surface area contributed by atoms with E-state index in [4.69, 9.17) is 5.11 Å². The van der Waals surface area contributed by atoms with Crippen LogP contribution in [0.15, 0.2) is 48.7 Å². The van der Waals surface area contributed by atoms with Gasteiger partial charge in [-0.15, -0.1) is 0 Å². The Bertz CT molecular complexity index is 597. The predicted octanol–water partition coefficient (Wildman–Crippen LogP) is 3.19. The molecule has 0 bridgehead atoms. The molecule has 0 atom stereocenters. The Morgan fingerprint density at radius 1 is 1.14 bits per heavy atom. The van der Waals surface area contributed by atoms with E-state index in [1.807, 2.05) is 24.3 Å². The van der Waals surface area contributed by atoms with Crippen LogP contribution in [0.2, 0.25) is 0 Å². The van der Waals surface area contributed by atoms with Gasteiger partial charge in [0.15, 0.2) is 0 Å². The third-order valence-electron chi connectivity index (χ3n) is 3.39. The number of aromatic carboxylic acids is 1. The summed E-state index contributed by atoms with van der Waals surface area (Å²) < 4.78 is 0. The van der Waals surface area contributed by atoms with E-state index in [1.54, 1.807) is 12.3 Å². The van der Waals surface area contributed by atoms with Crippen LogP contribution >= 0.6 is 0 Å². The second-order valence-corrected chi connectivity index (χ2v) is 5.34. The van der Waals surface area contributed by atoms with Gasteiger partial charge >= 0.3 is 5.97 Å². The van der Waals surface area contributed by atoms with Gasteiger partial charge in [-0.3, -0.25) is 4.90 Å². The van der Waals surface area contributed by atoms with Gasteiger partial charge in [-0.25, -0.2) is 9.78 Å². The van der Waals surface area contributed by atoms with Gasteiger partial charge in [-0.05, 0) is 37.1 Å². The number of carbonyl (C=O) groups is 1.